The number of rotatable bonds is 6. The van der Waals surface area contributed by atoms with Crippen LogP contribution >= 0.6 is 11.6 Å². The van der Waals surface area contributed by atoms with Crippen LogP contribution in [0, 0.1) is 0 Å². The molecular weight excluding hydrogens is 374 g/mol. The highest BCUT2D eigenvalue weighted by atomic mass is 35.5. The van der Waals surface area contributed by atoms with Crippen molar-refractivity contribution in [2.75, 3.05) is 14.2 Å². The van der Waals surface area contributed by atoms with Gasteiger partial charge in [0, 0.05) is 16.8 Å². The number of nitrogens with zero attached hydrogens (tertiary/aromatic N) is 1. The zero-order chi connectivity index (χ0) is 18.7. The van der Waals surface area contributed by atoms with E-state index in [1.807, 2.05) is 24.4 Å². The molecule has 0 aliphatic heterocycles. The Morgan fingerprint density at radius 3 is 2.58 bits per heavy atom. The maximum absolute atomic E-state index is 13.0. The number of methoxy groups -OCH3 is 2. The molecule has 2 aromatic carbocycles. The van der Waals surface area contributed by atoms with Crippen LogP contribution in [0.15, 0.2) is 53.6 Å². The first kappa shape index (κ1) is 18.6. The molecule has 3 rings (SSSR count). The van der Waals surface area contributed by atoms with E-state index in [4.69, 9.17) is 21.1 Å². The van der Waals surface area contributed by atoms with Crippen LogP contribution in [0.25, 0.3) is 10.9 Å². The first-order valence-corrected chi connectivity index (χ1v) is 9.44. The van der Waals surface area contributed by atoms with E-state index in [2.05, 4.69) is 0 Å². The molecule has 0 amide bonds. The van der Waals surface area contributed by atoms with Crippen LogP contribution in [0.3, 0.4) is 0 Å². The van der Waals surface area contributed by atoms with Gasteiger partial charge < -0.3 is 14.0 Å². The maximum atomic E-state index is 13.0. The molecule has 136 valence electrons. The number of carbonyl (C=O) groups excluding carboxylic acids is 1. The lowest BCUT2D eigenvalue weighted by molar-refractivity contribution is -0.140. The van der Waals surface area contributed by atoms with Gasteiger partial charge in [0.1, 0.15) is 17.1 Å². The van der Waals surface area contributed by atoms with Crippen LogP contribution in [-0.4, -0.2) is 28.7 Å². The highest BCUT2D eigenvalue weighted by Gasteiger charge is 2.20. The van der Waals surface area contributed by atoms with Crippen LogP contribution < -0.4 is 4.74 Å². The minimum atomic E-state index is -1.43. The van der Waals surface area contributed by atoms with Crippen molar-refractivity contribution in [3.63, 3.8) is 0 Å². The van der Waals surface area contributed by atoms with E-state index in [0.29, 0.717) is 22.1 Å². The molecule has 0 saturated heterocycles. The summed E-state index contributed by atoms with van der Waals surface area (Å²) < 4.78 is 24.8. The second kappa shape index (κ2) is 8.03. The molecule has 1 unspecified atom stereocenters. The fraction of sp³-hybridized carbons (Fsp3) is 0.211. The second-order valence-electron chi connectivity index (χ2n) is 5.64. The molecule has 0 N–H and O–H groups in total. The zero-order valence-corrected chi connectivity index (χ0v) is 16.0. The third-order valence-electron chi connectivity index (χ3n) is 4.08. The molecule has 7 heteroatoms. The van der Waals surface area contributed by atoms with E-state index in [0.717, 1.165) is 16.5 Å². The number of halogens is 1. The molecule has 0 saturated carbocycles. The average molecular weight is 392 g/mol. The van der Waals surface area contributed by atoms with Gasteiger partial charge in [-0.05, 0) is 54.4 Å². The summed E-state index contributed by atoms with van der Waals surface area (Å²) in [4.78, 5) is 12.2. The molecule has 26 heavy (non-hydrogen) atoms. The number of carbonyl (C=O) groups is 1. The SMILES string of the molecule is COC(=O)CCc1cn([S+]([O-])c2ccc(Cl)cc2)c2ccc(OC)cc12. The van der Waals surface area contributed by atoms with Crippen molar-refractivity contribution in [2.45, 2.75) is 17.7 Å². The number of aromatic nitrogens is 1. The molecule has 0 bridgehead atoms. The van der Waals surface area contributed by atoms with Gasteiger partial charge in [-0.1, -0.05) is 11.6 Å². The van der Waals surface area contributed by atoms with E-state index < -0.39 is 11.4 Å². The van der Waals surface area contributed by atoms with Crippen molar-refractivity contribution in [2.24, 2.45) is 0 Å². The Morgan fingerprint density at radius 2 is 1.92 bits per heavy atom. The Labute approximate surface area is 159 Å². The van der Waals surface area contributed by atoms with E-state index in [1.165, 1.54) is 7.11 Å². The first-order valence-electron chi connectivity index (χ1n) is 7.96. The van der Waals surface area contributed by atoms with Gasteiger partial charge in [0.05, 0.1) is 25.9 Å². The normalized spacial score (nSPS) is 12.2. The number of fused-ring (bicyclic) bond motifs is 1. The van der Waals surface area contributed by atoms with Crippen LogP contribution in [-0.2, 0) is 27.3 Å². The lowest BCUT2D eigenvalue weighted by atomic mass is 10.1. The maximum Gasteiger partial charge on any atom is 0.305 e. The zero-order valence-electron chi connectivity index (χ0n) is 14.4. The second-order valence-corrected chi connectivity index (χ2v) is 7.44. The minimum absolute atomic E-state index is 0.250. The van der Waals surface area contributed by atoms with Crippen LogP contribution in [0.5, 0.6) is 5.75 Å². The molecular formula is C19H18ClNO4S. The van der Waals surface area contributed by atoms with Crippen molar-refractivity contribution in [3.8, 4) is 5.75 Å². The molecule has 0 fully saturated rings. The van der Waals surface area contributed by atoms with Crippen molar-refractivity contribution in [1.82, 2.24) is 3.97 Å². The molecule has 3 aromatic rings. The largest absolute Gasteiger partial charge is 0.587 e. The Kier molecular flexibility index (Phi) is 5.76. The van der Waals surface area contributed by atoms with Gasteiger partial charge in [-0.25, -0.2) is 0 Å². The molecule has 1 atom stereocenters. The summed E-state index contributed by atoms with van der Waals surface area (Å²) in [6.07, 6.45) is 2.55. The van der Waals surface area contributed by atoms with E-state index in [1.54, 1.807) is 35.3 Å². The van der Waals surface area contributed by atoms with Gasteiger partial charge >= 0.3 is 5.97 Å². The highest BCUT2D eigenvalue weighted by molar-refractivity contribution is 7.90. The summed E-state index contributed by atoms with van der Waals surface area (Å²) in [6, 6.07) is 12.5. The smallest absolute Gasteiger partial charge is 0.305 e. The summed E-state index contributed by atoms with van der Waals surface area (Å²) >= 11 is 4.48. The van der Waals surface area contributed by atoms with Crippen LogP contribution in [0.1, 0.15) is 12.0 Å². The molecule has 0 radical (unpaired) electrons. The summed E-state index contributed by atoms with van der Waals surface area (Å²) in [7, 11) is 2.96. The Balaban J connectivity index is 2.04. The van der Waals surface area contributed by atoms with Crippen LogP contribution in [0.4, 0.5) is 0 Å². The molecule has 0 spiro atoms. The van der Waals surface area contributed by atoms with Gasteiger partial charge in [-0.3, -0.25) is 4.79 Å². The highest BCUT2D eigenvalue weighted by Crippen LogP contribution is 2.30. The first-order chi connectivity index (χ1) is 12.5. The topological polar surface area (TPSA) is 63.5 Å². The van der Waals surface area contributed by atoms with Crippen molar-refractivity contribution < 1.29 is 18.8 Å². The minimum Gasteiger partial charge on any atom is -0.587 e. The third-order valence-corrected chi connectivity index (χ3v) is 5.67. The monoisotopic (exact) mass is 391 g/mol. The molecule has 1 heterocycles. The van der Waals surface area contributed by atoms with E-state index in [-0.39, 0.29) is 12.4 Å². The predicted molar refractivity (Wildman–Crippen MR) is 102 cm³/mol. The fourth-order valence-electron chi connectivity index (χ4n) is 2.71. The summed E-state index contributed by atoms with van der Waals surface area (Å²) in [5.41, 5.74) is 1.71. The standard InChI is InChI=1S/C19H18ClNO4S/c1-24-15-6-9-18-17(11-15)13(3-10-19(22)25-2)12-21(18)26(23)16-7-4-14(20)5-8-16/h4-9,11-12H,3,10H2,1-2H3. The van der Waals surface area contributed by atoms with E-state index >= 15 is 0 Å². The molecule has 0 aliphatic rings. The van der Waals surface area contributed by atoms with Crippen molar-refractivity contribution >= 4 is 39.8 Å². The number of benzene rings is 2. The van der Waals surface area contributed by atoms with Gasteiger partial charge in [0.25, 0.3) is 0 Å². The lowest BCUT2D eigenvalue weighted by Gasteiger charge is -2.11. The Morgan fingerprint density at radius 1 is 1.19 bits per heavy atom. The number of hydrogen-bond acceptors (Lipinski definition) is 4. The summed E-state index contributed by atoms with van der Waals surface area (Å²) in [6.45, 7) is 0. The van der Waals surface area contributed by atoms with Crippen LogP contribution in [0.2, 0.25) is 5.02 Å². The Bertz CT molecular complexity index is 923. The fourth-order valence-corrected chi connectivity index (χ4v) is 3.99. The van der Waals surface area contributed by atoms with E-state index in [9.17, 15) is 9.35 Å². The third kappa shape index (κ3) is 3.82. The average Bonchev–Trinajstić information content (AvgIpc) is 3.03. The predicted octanol–water partition coefficient (Wildman–Crippen LogP) is 3.98. The quantitative estimate of drug-likeness (QED) is 0.471. The summed E-state index contributed by atoms with van der Waals surface area (Å²) in [5, 5.41) is 1.49. The van der Waals surface area contributed by atoms with Gasteiger partial charge in [0.2, 0.25) is 0 Å². The molecule has 5 nitrogen and oxygen atoms in total. The molecule has 0 aliphatic carbocycles. The lowest BCUT2D eigenvalue weighted by Crippen LogP contribution is -2.11. The van der Waals surface area contributed by atoms with Gasteiger partial charge in [-0.15, -0.1) is 0 Å². The molecule has 1 aromatic heterocycles. The number of esters is 1. The number of ether oxygens (including phenoxy) is 2. The Hall–Kier alpha value is -2.15. The summed E-state index contributed by atoms with van der Waals surface area (Å²) in [5.74, 6) is 0.416. The number of aryl methyl sites for hydroxylation is 1. The number of hydrogen-bond donors (Lipinski definition) is 0. The van der Waals surface area contributed by atoms with Crippen molar-refractivity contribution in [1.29, 1.82) is 0 Å². The van der Waals surface area contributed by atoms with Crippen molar-refractivity contribution in [3.05, 3.63) is 59.2 Å². The van der Waals surface area contributed by atoms with Gasteiger partial charge in [0.15, 0.2) is 4.90 Å². The van der Waals surface area contributed by atoms with Gasteiger partial charge in [-0.2, -0.15) is 3.97 Å².